The van der Waals surface area contributed by atoms with Crippen LogP contribution in [0.3, 0.4) is 0 Å². The Hall–Kier alpha value is -1.06. The molecule has 0 aromatic heterocycles. The number of hydrogen-bond acceptors (Lipinski definition) is 2. The minimum absolute atomic E-state index is 0.0267. The maximum absolute atomic E-state index is 12.4. The highest BCUT2D eigenvalue weighted by atomic mass is 16.2. The molecule has 0 spiro atoms. The van der Waals surface area contributed by atoms with Crippen molar-refractivity contribution in [1.82, 2.24) is 10.2 Å². The van der Waals surface area contributed by atoms with E-state index >= 15 is 0 Å². The summed E-state index contributed by atoms with van der Waals surface area (Å²) in [5.74, 6) is 0.601. The molecule has 2 aliphatic carbocycles. The molecule has 1 heterocycles. The van der Waals surface area contributed by atoms with Crippen LogP contribution in [-0.4, -0.2) is 35.8 Å². The van der Waals surface area contributed by atoms with Crippen molar-refractivity contribution in [3.05, 3.63) is 0 Å². The van der Waals surface area contributed by atoms with Gasteiger partial charge in [0.2, 0.25) is 11.8 Å². The zero-order valence-electron chi connectivity index (χ0n) is 11.1. The second-order valence-electron chi connectivity index (χ2n) is 6.33. The fraction of sp³-hybridized carbons (Fsp3) is 0.857. The number of piperazine rings is 1. The predicted octanol–water partition coefficient (Wildman–Crippen LogP) is 1.30. The van der Waals surface area contributed by atoms with E-state index in [2.05, 4.69) is 12.2 Å². The molecule has 2 amide bonds. The summed E-state index contributed by atoms with van der Waals surface area (Å²) < 4.78 is 0. The lowest BCUT2D eigenvalue weighted by Crippen LogP contribution is -2.59. The fourth-order valence-electron chi connectivity index (χ4n) is 3.21. The second kappa shape index (κ2) is 4.25. The number of nitrogens with zero attached hydrogens (tertiary/aromatic N) is 1. The predicted molar refractivity (Wildman–Crippen MR) is 67.8 cm³/mol. The maximum Gasteiger partial charge on any atom is 0.245 e. The summed E-state index contributed by atoms with van der Waals surface area (Å²) in [5.41, 5.74) is 0.343. The van der Waals surface area contributed by atoms with Gasteiger partial charge in [-0.05, 0) is 43.4 Å². The van der Waals surface area contributed by atoms with Crippen LogP contribution in [0.2, 0.25) is 0 Å². The third-order valence-corrected chi connectivity index (χ3v) is 4.59. The van der Waals surface area contributed by atoms with E-state index in [1.54, 1.807) is 0 Å². The van der Waals surface area contributed by atoms with E-state index in [4.69, 9.17) is 0 Å². The van der Waals surface area contributed by atoms with Gasteiger partial charge in [0.15, 0.2) is 0 Å². The van der Waals surface area contributed by atoms with E-state index < -0.39 is 0 Å². The van der Waals surface area contributed by atoms with Crippen LogP contribution in [-0.2, 0) is 9.59 Å². The molecule has 0 aromatic carbocycles. The molecular formula is C14H22N2O2. The Labute approximate surface area is 108 Å². The van der Waals surface area contributed by atoms with Crippen molar-refractivity contribution in [1.29, 1.82) is 0 Å². The molecule has 2 saturated carbocycles. The van der Waals surface area contributed by atoms with E-state index in [1.807, 2.05) is 4.90 Å². The van der Waals surface area contributed by atoms with Crippen LogP contribution in [0.4, 0.5) is 0 Å². The Morgan fingerprint density at radius 2 is 2.06 bits per heavy atom. The summed E-state index contributed by atoms with van der Waals surface area (Å²) in [5, 5.41) is 2.87. The lowest BCUT2D eigenvalue weighted by molar-refractivity contribution is -0.145. The van der Waals surface area contributed by atoms with Crippen LogP contribution in [0.15, 0.2) is 0 Å². The smallest absolute Gasteiger partial charge is 0.245 e. The van der Waals surface area contributed by atoms with Crippen LogP contribution in [0.5, 0.6) is 0 Å². The molecule has 0 bridgehead atoms. The van der Waals surface area contributed by atoms with Gasteiger partial charge >= 0.3 is 0 Å². The molecule has 1 atom stereocenters. The average Bonchev–Trinajstić information content (AvgIpc) is 3.18. The van der Waals surface area contributed by atoms with Crippen LogP contribution in [0.25, 0.3) is 0 Å². The first-order chi connectivity index (χ1) is 8.63. The van der Waals surface area contributed by atoms with E-state index in [0.717, 1.165) is 19.4 Å². The van der Waals surface area contributed by atoms with Crippen molar-refractivity contribution in [2.45, 2.75) is 51.5 Å². The van der Waals surface area contributed by atoms with Crippen LogP contribution >= 0.6 is 0 Å². The van der Waals surface area contributed by atoms with Gasteiger partial charge in [-0.15, -0.1) is 0 Å². The summed E-state index contributed by atoms with van der Waals surface area (Å²) in [4.78, 5) is 25.9. The van der Waals surface area contributed by atoms with Gasteiger partial charge in [-0.1, -0.05) is 13.3 Å². The molecule has 0 radical (unpaired) electrons. The maximum atomic E-state index is 12.4. The van der Waals surface area contributed by atoms with E-state index in [0.29, 0.717) is 11.3 Å². The number of hydrogen-bond donors (Lipinski definition) is 1. The second-order valence-corrected chi connectivity index (χ2v) is 6.33. The Balaban J connectivity index is 1.66. The van der Waals surface area contributed by atoms with Crippen LogP contribution in [0.1, 0.15) is 45.4 Å². The molecule has 18 heavy (non-hydrogen) atoms. The Morgan fingerprint density at radius 3 is 2.61 bits per heavy atom. The number of carbonyl (C=O) groups excluding carboxylic acids is 2. The van der Waals surface area contributed by atoms with Gasteiger partial charge in [-0.2, -0.15) is 0 Å². The summed E-state index contributed by atoms with van der Waals surface area (Å²) in [7, 11) is 0. The van der Waals surface area contributed by atoms with Gasteiger partial charge in [0.25, 0.3) is 0 Å². The first-order valence-corrected chi connectivity index (χ1v) is 7.22. The van der Waals surface area contributed by atoms with Crippen molar-refractivity contribution in [2.24, 2.45) is 11.3 Å². The molecule has 1 aliphatic heterocycles. The topological polar surface area (TPSA) is 49.4 Å². The monoisotopic (exact) mass is 250 g/mol. The summed E-state index contributed by atoms with van der Waals surface area (Å²) in [6.45, 7) is 3.27. The zero-order chi connectivity index (χ0) is 12.8. The quantitative estimate of drug-likeness (QED) is 0.799. The van der Waals surface area contributed by atoms with E-state index in [1.165, 1.54) is 25.7 Å². The molecule has 1 saturated heterocycles. The molecule has 1 unspecified atom stereocenters. The average molecular weight is 250 g/mol. The number of amides is 2. The molecule has 3 fully saturated rings. The van der Waals surface area contributed by atoms with Crippen LogP contribution < -0.4 is 5.32 Å². The lowest BCUT2D eigenvalue weighted by atomic mass is 9.98. The Morgan fingerprint density at radius 1 is 1.33 bits per heavy atom. The summed E-state index contributed by atoms with van der Waals surface area (Å²) >= 11 is 0. The van der Waals surface area contributed by atoms with Gasteiger partial charge in [-0.25, -0.2) is 0 Å². The fourth-order valence-corrected chi connectivity index (χ4v) is 3.21. The summed E-state index contributed by atoms with van der Waals surface area (Å²) in [6.07, 6.45) is 6.97. The van der Waals surface area contributed by atoms with Crippen LogP contribution in [0, 0.1) is 11.3 Å². The Kier molecular flexibility index (Phi) is 2.83. The molecular weight excluding hydrogens is 228 g/mol. The van der Waals surface area contributed by atoms with Gasteiger partial charge in [0, 0.05) is 6.54 Å². The van der Waals surface area contributed by atoms with Crippen molar-refractivity contribution in [3.8, 4) is 0 Å². The van der Waals surface area contributed by atoms with E-state index in [9.17, 15) is 9.59 Å². The molecule has 1 N–H and O–H groups in total. The molecule has 4 nitrogen and oxygen atoms in total. The van der Waals surface area contributed by atoms with Gasteiger partial charge in [-0.3, -0.25) is 9.59 Å². The molecule has 0 aromatic rings. The van der Waals surface area contributed by atoms with Gasteiger partial charge in [0.05, 0.1) is 6.54 Å². The Bertz CT molecular complexity index is 372. The largest absolute Gasteiger partial charge is 0.342 e. The standard InChI is InChI=1S/C14H22N2O2/c1-2-5-14(6-7-14)9-16-8-11(17)15-12(13(16)18)10-3-4-10/h10,12H,2-9H2,1H3,(H,15,17). The highest BCUT2D eigenvalue weighted by molar-refractivity contribution is 5.95. The molecule has 3 rings (SSSR count). The summed E-state index contributed by atoms with van der Waals surface area (Å²) in [6, 6.07) is -0.219. The van der Waals surface area contributed by atoms with Gasteiger partial charge < -0.3 is 10.2 Å². The minimum Gasteiger partial charge on any atom is -0.342 e. The number of rotatable bonds is 5. The first kappa shape index (κ1) is 12.0. The van der Waals surface area contributed by atoms with Crippen molar-refractivity contribution >= 4 is 11.8 Å². The van der Waals surface area contributed by atoms with E-state index in [-0.39, 0.29) is 24.4 Å². The van der Waals surface area contributed by atoms with Gasteiger partial charge in [0.1, 0.15) is 6.04 Å². The van der Waals surface area contributed by atoms with Crippen molar-refractivity contribution < 1.29 is 9.59 Å². The number of nitrogens with one attached hydrogen (secondary N) is 1. The van der Waals surface area contributed by atoms with Crippen molar-refractivity contribution in [3.63, 3.8) is 0 Å². The highest BCUT2D eigenvalue weighted by Crippen LogP contribution is 2.50. The first-order valence-electron chi connectivity index (χ1n) is 7.22. The highest BCUT2D eigenvalue weighted by Gasteiger charge is 2.48. The molecule has 4 heteroatoms. The molecule has 3 aliphatic rings. The van der Waals surface area contributed by atoms with Crippen molar-refractivity contribution in [2.75, 3.05) is 13.1 Å². The third-order valence-electron chi connectivity index (χ3n) is 4.59. The lowest BCUT2D eigenvalue weighted by Gasteiger charge is -2.35. The molecule has 100 valence electrons. The minimum atomic E-state index is -0.219. The SMILES string of the molecule is CCCC1(CN2CC(=O)NC(C3CC3)C2=O)CC1. The normalized spacial score (nSPS) is 30.3. The third kappa shape index (κ3) is 2.25. The zero-order valence-corrected chi connectivity index (χ0v) is 11.1. The number of carbonyl (C=O) groups is 2.